The van der Waals surface area contributed by atoms with Gasteiger partial charge < -0.3 is 10.3 Å². The Labute approximate surface area is 171 Å². The summed E-state index contributed by atoms with van der Waals surface area (Å²) in [6, 6.07) is 14.8. The predicted octanol–water partition coefficient (Wildman–Crippen LogP) is 2.64. The second kappa shape index (κ2) is 9.19. The number of hydrogen-bond donors (Lipinski definition) is 3. The van der Waals surface area contributed by atoms with E-state index in [9.17, 15) is 13.2 Å². The number of hydrogen-bond acceptors (Lipinski definition) is 4. The standard InChI is InChI=1S/C21H26N4O3S/c1-15(2)25-29(27,28)14-17-8-4-3-7-16(17)13-22-21(26)12-11-20-23-18-9-5-6-10-19(18)24-20/h3-10,15,25H,11-14H2,1-2H3,(H,22,26)(H,23,24). The minimum Gasteiger partial charge on any atom is -0.352 e. The summed E-state index contributed by atoms with van der Waals surface area (Å²) < 4.78 is 27.0. The van der Waals surface area contributed by atoms with Gasteiger partial charge in [0, 0.05) is 25.4 Å². The van der Waals surface area contributed by atoms with E-state index in [0.29, 0.717) is 18.4 Å². The van der Waals surface area contributed by atoms with E-state index in [1.807, 2.05) is 36.4 Å². The van der Waals surface area contributed by atoms with Crippen LogP contribution in [0.5, 0.6) is 0 Å². The third-order valence-electron chi connectivity index (χ3n) is 4.38. The van der Waals surface area contributed by atoms with Crippen molar-refractivity contribution in [1.82, 2.24) is 20.0 Å². The molecular weight excluding hydrogens is 388 g/mol. The number of aromatic nitrogens is 2. The number of benzene rings is 2. The van der Waals surface area contributed by atoms with Crippen LogP contribution >= 0.6 is 0 Å². The number of carbonyl (C=O) groups excluding carboxylic acids is 1. The zero-order valence-corrected chi connectivity index (χ0v) is 17.4. The monoisotopic (exact) mass is 414 g/mol. The van der Waals surface area contributed by atoms with Gasteiger partial charge in [0.15, 0.2) is 0 Å². The van der Waals surface area contributed by atoms with E-state index in [1.165, 1.54) is 0 Å². The third-order valence-corrected chi connectivity index (χ3v) is 5.90. The number of aryl methyl sites for hydroxylation is 1. The largest absolute Gasteiger partial charge is 0.352 e. The molecule has 1 aromatic heterocycles. The lowest BCUT2D eigenvalue weighted by atomic mass is 10.1. The lowest BCUT2D eigenvalue weighted by Gasteiger charge is -2.13. The van der Waals surface area contributed by atoms with Gasteiger partial charge in [-0.25, -0.2) is 18.1 Å². The summed E-state index contributed by atoms with van der Waals surface area (Å²) in [5.41, 5.74) is 3.30. The van der Waals surface area contributed by atoms with Crippen molar-refractivity contribution in [3.8, 4) is 0 Å². The normalized spacial score (nSPS) is 11.8. The van der Waals surface area contributed by atoms with Gasteiger partial charge in [-0.1, -0.05) is 36.4 Å². The van der Waals surface area contributed by atoms with E-state index in [-0.39, 0.29) is 24.2 Å². The van der Waals surface area contributed by atoms with Crippen molar-refractivity contribution in [2.75, 3.05) is 0 Å². The zero-order chi connectivity index (χ0) is 20.9. The number of nitrogens with zero attached hydrogens (tertiary/aromatic N) is 1. The lowest BCUT2D eigenvalue weighted by molar-refractivity contribution is -0.121. The van der Waals surface area contributed by atoms with Crippen LogP contribution < -0.4 is 10.0 Å². The number of imidazole rings is 1. The molecule has 0 aliphatic rings. The van der Waals surface area contributed by atoms with Gasteiger partial charge in [0.05, 0.1) is 16.8 Å². The summed E-state index contributed by atoms with van der Waals surface area (Å²) in [4.78, 5) is 19.9. The molecule has 0 atom stereocenters. The summed E-state index contributed by atoms with van der Waals surface area (Å²) in [6.07, 6.45) is 0.810. The summed E-state index contributed by atoms with van der Waals surface area (Å²) in [7, 11) is -3.43. The van der Waals surface area contributed by atoms with Crippen LogP contribution in [0.3, 0.4) is 0 Å². The van der Waals surface area contributed by atoms with Crippen molar-refractivity contribution in [2.24, 2.45) is 0 Å². The number of H-pyrrole nitrogens is 1. The van der Waals surface area contributed by atoms with Crippen LogP contribution in [-0.4, -0.2) is 30.3 Å². The molecule has 0 bridgehead atoms. The van der Waals surface area contributed by atoms with Crippen molar-refractivity contribution in [1.29, 1.82) is 0 Å². The van der Waals surface area contributed by atoms with E-state index < -0.39 is 10.0 Å². The fraction of sp³-hybridized carbons (Fsp3) is 0.333. The van der Waals surface area contributed by atoms with E-state index in [4.69, 9.17) is 0 Å². The maximum atomic E-state index is 12.3. The molecule has 0 fully saturated rings. The second-order valence-electron chi connectivity index (χ2n) is 7.28. The van der Waals surface area contributed by atoms with Crippen LogP contribution in [0.25, 0.3) is 11.0 Å². The van der Waals surface area contributed by atoms with Crippen molar-refractivity contribution >= 4 is 27.0 Å². The maximum absolute atomic E-state index is 12.3. The number of nitrogens with one attached hydrogen (secondary N) is 3. The van der Waals surface area contributed by atoms with Crippen LogP contribution in [0.1, 0.15) is 37.2 Å². The summed E-state index contributed by atoms with van der Waals surface area (Å²) in [5.74, 6) is 0.548. The summed E-state index contributed by atoms with van der Waals surface area (Å²) in [6.45, 7) is 3.85. The van der Waals surface area contributed by atoms with E-state index in [0.717, 1.165) is 22.4 Å². The van der Waals surface area contributed by atoms with Crippen LogP contribution in [0, 0.1) is 0 Å². The fourth-order valence-electron chi connectivity index (χ4n) is 3.11. The number of rotatable bonds is 9. The summed E-state index contributed by atoms with van der Waals surface area (Å²) in [5, 5.41) is 2.87. The molecule has 0 saturated heterocycles. The Bertz CT molecular complexity index is 1060. The number of fused-ring (bicyclic) bond motifs is 1. The molecule has 0 aliphatic heterocycles. The molecule has 0 saturated carbocycles. The molecule has 3 N–H and O–H groups in total. The molecule has 1 heterocycles. The van der Waals surface area contributed by atoms with Crippen LogP contribution in [-0.2, 0) is 33.5 Å². The predicted molar refractivity (Wildman–Crippen MR) is 114 cm³/mol. The molecule has 0 aliphatic carbocycles. The van der Waals surface area contributed by atoms with E-state index in [2.05, 4.69) is 20.0 Å². The molecule has 1 amide bonds. The average Bonchev–Trinajstić information content (AvgIpc) is 3.07. The Morgan fingerprint density at radius 2 is 1.76 bits per heavy atom. The molecule has 0 radical (unpaired) electrons. The first-order valence-electron chi connectivity index (χ1n) is 9.59. The lowest BCUT2D eigenvalue weighted by Crippen LogP contribution is -2.32. The second-order valence-corrected chi connectivity index (χ2v) is 9.03. The smallest absolute Gasteiger partial charge is 0.220 e. The Balaban J connectivity index is 1.56. The molecule has 0 unspecified atom stereocenters. The molecule has 7 nitrogen and oxygen atoms in total. The number of amides is 1. The molecule has 2 aromatic carbocycles. The summed E-state index contributed by atoms with van der Waals surface area (Å²) >= 11 is 0. The van der Waals surface area contributed by atoms with E-state index in [1.54, 1.807) is 26.0 Å². The van der Waals surface area contributed by atoms with Gasteiger partial charge in [-0.3, -0.25) is 4.79 Å². The SMILES string of the molecule is CC(C)NS(=O)(=O)Cc1ccccc1CNC(=O)CCc1nc2ccccc2[nH]1. The van der Waals surface area contributed by atoms with Crippen molar-refractivity contribution in [2.45, 2.75) is 45.0 Å². The third kappa shape index (κ3) is 6.13. The molecule has 0 spiro atoms. The van der Waals surface area contributed by atoms with Gasteiger partial charge in [-0.2, -0.15) is 0 Å². The van der Waals surface area contributed by atoms with Gasteiger partial charge in [-0.15, -0.1) is 0 Å². The highest BCUT2D eigenvalue weighted by Gasteiger charge is 2.15. The van der Waals surface area contributed by atoms with Crippen LogP contribution in [0.2, 0.25) is 0 Å². The molecule has 8 heteroatoms. The van der Waals surface area contributed by atoms with Gasteiger partial charge >= 0.3 is 0 Å². The molecule has 154 valence electrons. The number of sulfonamides is 1. The quantitative estimate of drug-likeness (QED) is 0.501. The van der Waals surface area contributed by atoms with E-state index >= 15 is 0 Å². The highest BCUT2D eigenvalue weighted by atomic mass is 32.2. The van der Waals surface area contributed by atoms with Crippen LogP contribution in [0.4, 0.5) is 0 Å². The van der Waals surface area contributed by atoms with Gasteiger partial charge in [-0.05, 0) is 37.1 Å². The van der Waals surface area contributed by atoms with Gasteiger partial charge in [0.2, 0.25) is 15.9 Å². The Hall–Kier alpha value is -2.71. The van der Waals surface area contributed by atoms with Crippen molar-refractivity contribution in [3.05, 3.63) is 65.5 Å². The average molecular weight is 415 g/mol. The number of carbonyl (C=O) groups is 1. The zero-order valence-electron chi connectivity index (χ0n) is 16.6. The molecular formula is C21H26N4O3S. The number of para-hydroxylation sites is 2. The Morgan fingerprint density at radius 1 is 1.07 bits per heavy atom. The maximum Gasteiger partial charge on any atom is 0.220 e. The first-order chi connectivity index (χ1) is 13.8. The number of aromatic amines is 1. The minimum atomic E-state index is -3.43. The van der Waals surface area contributed by atoms with Gasteiger partial charge in [0.25, 0.3) is 0 Å². The first-order valence-corrected chi connectivity index (χ1v) is 11.2. The first kappa shape index (κ1) is 21.0. The topological polar surface area (TPSA) is 104 Å². The molecule has 29 heavy (non-hydrogen) atoms. The Morgan fingerprint density at radius 3 is 2.48 bits per heavy atom. The highest BCUT2D eigenvalue weighted by molar-refractivity contribution is 7.88. The minimum absolute atomic E-state index is 0.108. The highest BCUT2D eigenvalue weighted by Crippen LogP contribution is 2.13. The Kier molecular flexibility index (Phi) is 6.66. The van der Waals surface area contributed by atoms with Crippen LogP contribution in [0.15, 0.2) is 48.5 Å². The molecule has 3 aromatic rings. The van der Waals surface area contributed by atoms with Gasteiger partial charge in [0.1, 0.15) is 5.82 Å². The molecule has 3 rings (SSSR count). The fourth-order valence-corrected chi connectivity index (χ4v) is 4.61. The van der Waals surface area contributed by atoms with Crippen molar-refractivity contribution < 1.29 is 13.2 Å². The van der Waals surface area contributed by atoms with Crippen molar-refractivity contribution in [3.63, 3.8) is 0 Å².